The lowest BCUT2D eigenvalue weighted by Crippen LogP contribution is -2.36. The van der Waals surface area contributed by atoms with Crippen LogP contribution in [0.3, 0.4) is 0 Å². The van der Waals surface area contributed by atoms with Gasteiger partial charge in [-0.3, -0.25) is 4.99 Å². The summed E-state index contributed by atoms with van der Waals surface area (Å²) in [5, 5.41) is 11.6. The Bertz CT molecular complexity index is 511. The molecule has 2 atom stereocenters. The monoisotopic (exact) mass is 319 g/mol. The highest BCUT2D eigenvalue weighted by atomic mass is 32.2. The molecule has 2 rings (SSSR count). The Balaban J connectivity index is 1.97. The average molecular weight is 319 g/mol. The van der Waals surface area contributed by atoms with Gasteiger partial charge in [-0.25, -0.2) is 4.99 Å². The number of aliphatic hydroxyl groups is 1. The third-order valence-electron chi connectivity index (χ3n) is 3.25. The summed E-state index contributed by atoms with van der Waals surface area (Å²) in [5.74, 6) is 0.260. The molecule has 4 nitrogen and oxygen atoms in total. The van der Waals surface area contributed by atoms with E-state index in [0.717, 1.165) is 12.0 Å². The quantitative estimate of drug-likeness (QED) is 0.837. The van der Waals surface area contributed by atoms with Crippen LogP contribution in [0.1, 0.15) is 13.3 Å². The molecule has 0 aromatic carbocycles. The summed E-state index contributed by atoms with van der Waals surface area (Å²) in [6.07, 6.45) is 0.629. The van der Waals surface area contributed by atoms with Crippen LogP contribution >= 0.6 is 11.8 Å². The number of hydrogen-bond acceptors (Lipinski definition) is 4. The Morgan fingerprint density at radius 1 is 1.48 bits per heavy atom. The van der Waals surface area contributed by atoms with Gasteiger partial charge in [0.25, 0.3) is 0 Å². The van der Waals surface area contributed by atoms with Crippen molar-refractivity contribution in [3.05, 3.63) is 23.4 Å². The first kappa shape index (κ1) is 15.9. The second-order valence-electron chi connectivity index (χ2n) is 4.71. The molecule has 0 radical (unpaired) electrons. The van der Waals surface area contributed by atoms with Gasteiger partial charge in [0.2, 0.25) is 5.90 Å². The first-order chi connectivity index (χ1) is 9.90. The highest BCUT2D eigenvalue weighted by molar-refractivity contribution is 8.00. The van der Waals surface area contributed by atoms with Crippen molar-refractivity contribution in [2.24, 2.45) is 15.9 Å². The van der Waals surface area contributed by atoms with E-state index in [4.69, 9.17) is 0 Å². The van der Waals surface area contributed by atoms with E-state index in [1.54, 1.807) is 6.21 Å². The molecule has 0 aromatic rings. The lowest BCUT2D eigenvalue weighted by Gasteiger charge is -2.25. The zero-order valence-electron chi connectivity index (χ0n) is 11.4. The molecule has 2 N–H and O–H groups in total. The zero-order chi connectivity index (χ0) is 15.5. The summed E-state index contributed by atoms with van der Waals surface area (Å²) in [5.41, 5.74) is -0.681. The number of allylic oxidation sites excluding steroid dienone is 2. The molecule has 116 valence electrons. The Hall–Kier alpha value is -1.44. The second kappa shape index (κ2) is 6.55. The number of aliphatic hydroxyl groups excluding tert-OH is 1. The summed E-state index contributed by atoms with van der Waals surface area (Å²) in [6, 6.07) is 0. The number of halogens is 3. The molecule has 21 heavy (non-hydrogen) atoms. The minimum absolute atomic E-state index is 0.321. The number of hydrogen-bond donors (Lipinski definition) is 2. The van der Waals surface area contributed by atoms with Gasteiger partial charge >= 0.3 is 6.18 Å². The van der Waals surface area contributed by atoms with E-state index in [1.165, 1.54) is 11.8 Å². The fourth-order valence-corrected chi connectivity index (χ4v) is 3.13. The predicted molar refractivity (Wildman–Crippen MR) is 78.8 cm³/mol. The maximum atomic E-state index is 12.7. The molecule has 0 saturated carbocycles. The molecule has 0 fully saturated rings. The Morgan fingerprint density at radius 3 is 2.90 bits per heavy atom. The second-order valence-corrected chi connectivity index (χ2v) is 5.78. The van der Waals surface area contributed by atoms with E-state index in [0.29, 0.717) is 24.3 Å². The van der Waals surface area contributed by atoms with Gasteiger partial charge < -0.3 is 10.4 Å². The van der Waals surface area contributed by atoms with Crippen molar-refractivity contribution in [1.82, 2.24) is 5.32 Å². The molecule has 8 heteroatoms. The number of nitrogens with zero attached hydrogens (tertiary/aromatic N) is 2. The van der Waals surface area contributed by atoms with Crippen LogP contribution < -0.4 is 5.32 Å². The summed E-state index contributed by atoms with van der Waals surface area (Å²) < 4.78 is 38.0. The molecule has 0 aromatic heterocycles. The molecule has 2 heterocycles. The lowest BCUT2D eigenvalue weighted by atomic mass is 9.96. The van der Waals surface area contributed by atoms with Gasteiger partial charge in [0, 0.05) is 30.5 Å². The highest BCUT2D eigenvalue weighted by Gasteiger charge is 2.37. The Labute approximate surface area is 124 Å². The van der Waals surface area contributed by atoms with Gasteiger partial charge in [-0.1, -0.05) is 12.5 Å². The average Bonchev–Trinajstić information content (AvgIpc) is 2.44. The molecule has 0 bridgehead atoms. The number of dihydropyridines is 1. The van der Waals surface area contributed by atoms with Crippen LogP contribution in [-0.2, 0) is 0 Å². The maximum Gasteiger partial charge on any atom is 0.431 e. The van der Waals surface area contributed by atoms with E-state index >= 15 is 0 Å². The van der Waals surface area contributed by atoms with E-state index in [2.05, 4.69) is 22.2 Å². The molecule has 2 aliphatic heterocycles. The molecule has 0 aliphatic carbocycles. The van der Waals surface area contributed by atoms with Crippen LogP contribution in [0.5, 0.6) is 0 Å². The van der Waals surface area contributed by atoms with Crippen LogP contribution in [0.25, 0.3) is 0 Å². The molecule has 2 aliphatic rings. The van der Waals surface area contributed by atoms with Gasteiger partial charge in [-0.05, 0) is 12.5 Å². The fourth-order valence-electron chi connectivity index (χ4n) is 2.06. The van der Waals surface area contributed by atoms with E-state index < -0.39 is 23.3 Å². The molecule has 0 amide bonds. The molecule has 1 unspecified atom stereocenters. The van der Waals surface area contributed by atoms with Gasteiger partial charge in [0.15, 0.2) is 5.50 Å². The molecule has 0 spiro atoms. The van der Waals surface area contributed by atoms with Gasteiger partial charge in [0.05, 0.1) is 0 Å². The first-order valence-electron chi connectivity index (χ1n) is 6.53. The van der Waals surface area contributed by atoms with E-state index in [9.17, 15) is 18.3 Å². The standard InChI is InChI=1S/C13H16F3N3OS/c1-2-8-6-17-4-3-9(8)7-21-12-18-10(13(14,15)16)5-11(20)19-12/h3-5,8,12,18H,2,6-7H2,1H3,(H,19,20)/t8?,12-/m1/s1. The van der Waals surface area contributed by atoms with Crippen molar-refractivity contribution in [3.63, 3.8) is 0 Å². The normalized spacial score (nSPS) is 25.8. The Kier molecular flexibility index (Phi) is 4.97. The highest BCUT2D eigenvalue weighted by Crippen LogP contribution is 2.29. The number of aliphatic imine (C=N–C) groups is 2. The van der Waals surface area contributed by atoms with Gasteiger partial charge in [-0.2, -0.15) is 13.2 Å². The van der Waals surface area contributed by atoms with E-state index in [-0.39, 0.29) is 0 Å². The van der Waals surface area contributed by atoms with Gasteiger partial charge in [0.1, 0.15) is 5.70 Å². The molecular formula is C13H16F3N3OS. The third kappa shape index (κ3) is 4.26. The topological polar surface area (TPSA) is 57.0 Å². The number of rotatable bonds is 4. The van der Waals surface area contributed by atoms with E-state index in [1.807, 2.05) is 6.08 Å². The van der Waals surface area contributed by atoms with Crippen LogP contribution in [0, 0.1) is 5.92 Å². The zero-order valence-corrected chi connectivity index (χ0v) is 12.2. The lowest BCUT2D eigenvalue weighted by molar-refractivity contribution is -0.0971. The minimum Gasteiger partial charge on any atom is -0.493 e. The van der Waals surface area contributed by atoms with Crippen LogP contribution in [0.2, 0.25) is 0 Å². The van der Waals surface area contributed by atoms with Crippen molar-refractivity contribution in [2.75, 3.05) is 12.3 Å². The largest absolute Gasteiger partial charge is 0.493 e. The minimum atomic E-state index is -4.52. The van der Waals surface area contributed by atoms with Crippen LogP contribution in [0.4, 0.5) is 13.2 Å². The summed E-state index contributed by atoms with van der Waals surface area (Å²) in [6.45, 7) is 2.76. The van der Waals surface area contributed by atoms with Crippen LogP contribution in [-0.4, -0.2) is 41.2 Å². The number of thioether (sulfide) groups is 1. The van der Waals surface area contributed by atoms with Crippen molar-refractivity contribution in [1.29, 1.82) is 0 Å². The van der Waals surface area contributed by atoms with Crippen molar-refractivity contribution >= 4 is 23.9 Å². The van der Waals surface area contributed by atoms with Crippen molar-refractivity contribution in [2.45, 2.75) is 25.0 Å². The molecular weight excluding hydrogens is 303 g/mol. The SMILES string of the molecule is CCC1CN=CC=C1CS[C@H]1N=C(O)C=C(C(F)(F)F)N1. The van der Waals surface area contributed by atoms with Gasteiger partial charge in [-0.15, -0.1) is 11.8 Å². The summed E-state index contributed by atoms with van der Waals surface area (Å²) in [4.78, 5) is 7.95. The smallest absolute Gasteiger partial charge is 0.431 e. The maximum absolute atomic E-state index is 12.7. The van der Waals surface area contributed by atoms with Crippen molar-refractivity contribution in [3.8, 4) is 0 Å². The first-order valence-corrected chi connectivity index (χ1v) is 7.57. The Morgan fingerprint density at radius 2 is 2.24 bits per heavy atom. The summed E-state index contributed by atoms with van der Waals surface area (Å²) >= 11 is 1.22. The third-order valence-corrected chi connectivity index (χ3v) is 4.29. The molecule has 0 saturated heterocycles. The predicted octanol–water partition coefficient (Wildman–Crippen LogP) is 3.05. The number of nitrogens with one attached hydrogen (secondary N) is 1. The summed E-state index contributed by atoms with van der Waals surface area (Å²) in [7, 11) is 0. The van der Waals surface area contributed by atoms with Crippen molar-refractivity contribution < 1.29 is 18.3 Å². The van der Waals surface area contributed by atoms with Crippen LogP contribution in [0.15, 0.2) is 33.4 Å². The fraction of sp³-hybridized carbons (Fsp3) is 0.538. The number of alkyl halides is 3.